The Hall–Kier alpha value is -2.33. The lowest BCUT2D eigenvalue weighted by atomic mass is 10.1. The molecule has 0 bridgehead atoms. The van der Waals surface area contributed by atoms with E-state index in [9.17, 15) is 9.59 Å². The molecule has 0 radical (unpaired) electrons. The molecule has 2 saturated heterocycles. The largest absolute Gasteiger partial charge is 0.343 e. The number of nitrogens with zero attached hydrogens (tertiary/aromatic N) is 6. The number of urea groups is 1. The van der Waals surface area contributed by atoms with Gasteiger partial charge in [0, 0.05) is 39.5 Å². The van der Waals surface area contributed by atoms with Crippen LogP contribution in [0.25, 0.3) is 10.2 Å². The summed E-state index contributed by atoms with van der Waals surface area (Å²) in [6.07, 6.45) is 1.81. The van der Waals surface area contributed by atoms with Gasteiger partial charge in [0.15, 0.2) is 22.5 Å². The van der Waals surface area contributed by atoms with Crippen LogP contribution < -0.4 is 0 Å². The molecule has 2 atom stereocenters. The summed E-state index contributed by atoms with van der Waals surface area (Å²) in [6, 6.07) is 7.40. The Kier molecular flexibility index (Phi) is 5.06. The first-order valence-corrected chi connectivity index (χ1v) is 12.0. The van der Waals surface area contributed by atoms with Crippen LogP contribution in [0.1, 0.15) is 12.8 Å². The Morgan fingerprint density at radius 3 is 2.70 bits per heavy atom. The van der Waals surface area contributed by atoms with Gasteiger partial charge in [-0.2, -0.15) is 0 Å². The standard InChI is InChI=1S/C20H24N6O2S2/c1-23-16-15(17(27)24(2)20(23)28)26(18(22-16)25-9-5-6-10-25)11-12-29-19-21-13-7-3-4-8-14(13)30-19/h3-4,7-8,15-16H,5-6,9-12H2,1-2H3. The highest BCUT2D eigenvalue weighted by atomic mass is 32.2. The molecule has 8 nitrogen and oxygen atoms in total. The maximum absolute atomic E-state index is 13.0. The molecule has 0 aliphatic carbocycles. The minimum absolute atomic E-state index is 0.175. The highest BCUT2D eigenvalue weighted by Crippen LogP contribution is 2.32. The van der Waals surface area contributed by atoms with E-state index < -0.39 is 12.2 Å². The summed E-state index contributed by atoms with van der Waals surface area (Å²) in [5.41, 5.74) is 1.02. The Balaban J connectivity index is 1.35. The molecule has 4 heterocycles. The van der Waals surface area contributed by atoms with Crippen LogP contribution >= 0.6 is 23.1 Å². The summed E-state index contributed by atoms with van der Waals surface area (Å²) in [7, 11) is 3.28. The van der Waals surface area contributed by atoms with E-state index >= 15 is 0 Å². The SMILES string of the molecule is CN1C(=O)C2C(N=C(N3CCCC3)N2CCSc2nc3ccccc3s2)N(C)C1=O. The first-order valence-electron chi connectivity index (χ1n) is 10.2. The van der Waals surface area contributed by atoms with Gasteiger partial charge >= 0.3 is 6.03 Å². The third-order valence-corrected chi connectivity index (χ3v) is 8.07. The molecule has 158 valence electrons. The van der Waals surface area contributed by atoms with E-state index in [4.69, 9.17) is 9.98 Å². The molecular weight excluding hydrogens is 420 g/mol. The number of likely N-dealkylation sites (tertiary alicyclic amines) is 1. The Morgan fingerprint density at radius 2 is 1.93 bits per heavy atom. The van der Waals surface area contributed by atoms with Crippen LogP contribution in [0.3, 0.4) is 0 Å². The minimum atomic E-state index is -0.454. The fourth-order valence-electron chi connectivity index (χ4n) is 4.31. The van der Waals surface area contributed by atoms with Gasteiger partial charge < -0.3 is 14.7 Å². The van der Waals surface area contributed by atoms with Crippen molar-refractivity contribution in [3.05, 3.63) is 24.3 Å². The zero-order valence-corrected chi connectivity index (χ0v) is 18.7. The van der Waals surface area contributed by atoms with Crippen LogP contribution in [0.2, 0.25) is 0 Å². The molecule has 30 heavy (non-hydrogen) atoms. The number of para-hydroxylation sites is 1. The highest BCUT2D eigenvalue weighted by Gasteiger charge is 2.51. The molecular formula is C20H24N6O2S2. The number of aliphatic imine (C=N–C) groups is 1. The number of benzene rings is 1. The van der Waals surface area contributed by atoms with E-state index in [-0.39, 0.29) is 11.9 Å². The van der Waals surface area contributed by atoms with E-state index in [1.165, 1.54) is 9.60 Å². The quantitative estimate of drug-likeness (QED) is 0.675. The normalized spacial score (nSPS) is 24.3. The van der Waals surface area contributed by atoms with Crippen molar-refractivity contribution in [1.82, 2.24) is 24.6 Å². The van der Waals surface area contributed by atoms with Gasteiger partial charge in [0.25, 0.3) is 5.91 Å². The number of carbonyl (C=O) groups is 2. The number of likely N-dealkylation sites (N-methyl/N-ethyl adjacent to an activating group) is 2. The highest BCUT2D eigenvalue weighted by molar-refractivity contribution is 8.01. The summed E-state index contributed by atoms with van der Waals surface area (Å²) >= 11 is 3.40. The first-order chi connectivity index (χ1) is 14.5. The maximum atomic E-state index is 13.0. The summed E-state index contributed by atoms with van der Waals surface area (Å²) in [5.74, 6) is 1.48. The van der Waals surface area contributed by atoms with Crippen LogP contribution in [0.15, 0.2) is 33.6 Å². The molecule has 3 amide bonds. The summed E-state index contributed by atoms with van der Waals surface area (Å²) < 4.78 is 2.22. The molecule has 2 fully saturated rings. The second-order valence-electron chi connectivity index (χ2n) is 7.76. The van der Waals surface area contributed by atoms with Crippen LogP contribution in [0, 0.1) is 0 Å². The fourth-order valence-corrected chi connectivity index (χ4v) is 6.39. The monoisotopic (exact) mass is 444 g/mol. The topological polar surface area (TPSA) is 72.4 Å². The van der Waals surface area contributed by atoms with E-state index in [0.29, 0.717) is 6.54 Å². The number of carbonyl (C=O) groups excluding carboxylic acids is 2. The van der Waals surface area contributed by atoms with Gasteiger partial charge in [0.05, 0.1) is 10.2 Å². The minimum Gasteiger partial charge on any atom is -0.343 e. The second-order valence-corrected chi connectivity index (χ2v) is 10.1. The Bertz CT molecular complexity index is 985. The Labute approximate surface area is 183 Å². The number of rotatable bonds is 4. The summed E-state index contributed by atoms with van der Waals surface area (Å²) in [6.45, 7) is 2.57. The van der Waals surface area contributed by atoms with Gasteiger partial charge in [-0.3, -0.25) is 9.69 Å². The average Bonchev–Trinajstić information content (AvgIpc) is 3.48. The molecule has 10 heteroatoms. The molecule has 1 aromatic carbocycles. The molecule has 2 aromatic rings. The van der Waals surface area contributed by atoms with Crippen molar-refractivity contribution in [2.24, 2.45) is 4.99 Å². The van der Waals surface area contributed by atoms with Gasteiger partial charge in [0.2, 0.25) is 0 Å². The van der Waals surface area contributed by atoms with Crippen LogP contribution in [0.5, 0.6) is 0 Å². The number of amides is 3. The van der Waals surface area contributed by atoms with E-state index in [2.05, 4.69) is 15.9 Å². The predicted octanol–water partition coefficient (Wildman–Crippen LogP) is 2.37. The number of guanidine groups is 1. The molecule has 1 aromatic heterocycles. The Morgan fingerprint density at radius 1 is 1.17 bits per heavy atom. The number of hydrogen-bond donors (Lipinski definition) is 0. The summed E-state index contributed by atoms with van der Waals surface area (Å²) in [5, 5.41) is 0. The average molecular weight is 445 g/mol. The number of imide groups is 1. The first kappa shape index (κ1) is 19.6. The smallest absolute Gasteiger partial charge is 0.328 e. The number of aromatic nitrogens is 1. The third kappa shape index (κ3) is 3.22. The van der Waals surface area contributed by atoms with Gasteiger partial charge in [0.1, 0.15) is 0 Å². The zero-order valence-electron chi connectivity index (χ0n) is 17.0. The zero-order chi connectivity index (χ0) is 20.8. The molecule has 2 unspecified atom stereocenters. The fraction of sp³-hybridized carbons (Fsp3) is 0.500. The van der Waals surface area contributed by atoms with Gasteiger partial charge in [-0.15, -0.1) is 11.3 Å². The molecule has 0 saturated carbocycles. The van der Waals surface area contributed by atoms with Crippen LogP contribution in [-0.4, -0.2) is 94.2 Å². The molecule has 0 N–H and O–H groups in total. The van der Waals surface area contributed by atoms with Gasteiger partial charge in [-0.1, -0.05) is 23.9 Å². The van der Waals surface area contributed by atoms with E-state index in [0.717, 1.165) is 47.5 Å². The van der Waals surface area contributed by atoms with Crippen molar-refractivity contribution < 1.29 is 9.59 Å². The van der Waals surface area contributed by atoms with Crippen molar-refractivity contribution in [1.29, 1.82) is 0 Å². The maximum Gasteiger partial charge on any atom is 0.328 e. The van der Waals surface area contributed by atoms with Gasteiger partial charge in [-0.05, 0) is 25.0 Å². The number of thiazole rings is 1. The van der Waals surface area contributed by atoms with Crippen LogP contribution in [-0.2, 0) is 4.79 Å². The molecule has 3 aliphatic rings. The summed E-state index contributed by atoms with van der Waals surface area (Å²) in [4.78, 5) is 42.2. The second kappa shape index (κ2) is 7.73. The van der Waals surface area contributed by atoms with Gasteiger partial charge in [-0.25, -0.2) is 14.8 Å². The third-order valence-electron chi connectivity index (χ3n) is 5.91. The lowest BCUT2D eigenvalue weighted by Gasteiger charge is -2.40. The molecule has 0 spiro atoms. The molecule has 3 aliphatic heterocycles. The van der Waals surface area contributed by atoms with Crippen molar-refractivity contribution in [3.63, 3.8) is 0 Å². The predicted molar refractivity (Wildman–Crippen MR) is 119 cm³/mol. The number of hydrogen-bond acceptors (Lipinski definition) is 8. The van der Waals surface area contributed by atoms with Crippen molar-refractivity contribution >= 4 is 51.2 Å². The van der Waals surface area contributed by atoms with Crippen LogP contribution in [0.4, 0.5) is 4.79 Å². The number of thioether (sulfide) groups is 1. The van der Waals surface area contributed by atoms with Crippen molar-refractivity contribution in [2.75, 3.05) is 39.5 Å². The van der Waals surface area contributed by atoms with Crippen molar-refractivity contribution in [2.45, 2.75) is 29.4 Å². The van der Waals surface area contributed by atoms with Crippen molar-refractivity contribution in [3.8, 4) is 0 Å². The lowest BCUT2D eigenvalue weighted by Crippen LogP contribution is -2.64. The molecule has 5 rings (SSSR count). The van der Waals surface area contributed by atoms with E-state index in [1.54, 1.807) is 42.1 Å². The number of fused-ring (bicyclic) bond motifs is 2. The van der Waals surface area contributed by atoms with E-state index in [1.807, 2.05) is 18.2 Å². The lowest BCUT2D eigenvalue weighted by molar-refractivity contribution is -0.136.